The molecule has 5 rings (SSSR count). The zero-order chi connectivity index (χ0) is 26.6. The van der Waals surface area contributed by atoms with Crippen LogP contribution in [-0.4, -0.2) is 46.4 Å². The molecule has 10 nitrogen and oxygen atoms in total. The predicted molar refractivity (Wildman–Crippen MR) is 148 cm³/mol. The van der Waals surface area contributed by atoms with Gasteiger partial charge in [0.1, 0.15) is 16.5 Å². The van der Waals surface area contributed by atoms with Gasteiger partial charge in [0.05, 0.1) is 43.2 Å². The minimum atomic E-state index is 0.124. The number of anilines is 5. The summed E-state index contributed by atoms with van der Waals surface area (Å²) in [7, 11) is 3.21. The highest BCUT2D eigenvalue weighted by atomic mass is 35.5. The maximum atomic E-state index is 12.6. The molecule has 2 aromatic heterocycles. The van der Waals surface area contributed by atoms with E-state index in [0.717, 1.165) is 35.5 Å². The van der Waals surface area contributed by atoms with Crippen LogP contribution in [0.15, 0.2) is 55.0 Å². The number of ether oxygens (including phenoxy) is 2. The summed E-state index contributed by atoms with van der Waals surface area (Å²) in [5.74, 6) is 2.15. The van der Waals surface area contributed by atoms with E-state index in [-0.39, 0.29) is 5.91 Å². The van der Waals surface area contributed by atoms with E-state index in [4.69, 9.17) is 21.1 Å². The van der Waals surface area contributed by atoms with E-state index < -0.39 is 0 Å². The third-order valence-corrected chi connectivity index (χ3v) is 6.62. The van der Waals surface area contributed by atoms with E-state index in [2.05, 4.69) is 25.7 Å². The number of amides is 1. The highest BCUT2D eigenvalue weighted by molar-refractivity contribution is 6.33. The average Bonchev–Trinajstić information content (AvgIpc) is 3.42. The van der Waals surface area contributed by atoms with Crippen LogP contribution in [0.2, 0.25) is 5.02 Å². The lowest BCUT2D eigenvalue weighted by atomic mass is 10.1. The normalized spacial score (nSPS) is 13.1. The maximum Gasteiger partial charge on any atom is 0.229 e. The summed E-state index contributed by atoms with van der Waals surface area (Å²) >= 11 is 6.48. The highest BCUT2D eigenvalue weighted by Crippen LogP contribution is 2.38. The van der Waals surface area contributed by atoms with E-state index in [9.17, 15) is 4.79 Å². The number of benzene rings is 2. The van der Waals surface area contributed by atoms with E-state index in [1.54, 1.807) is 25.1 Å². The lowest BCUT2D eigenvalue weighted by Gasteiger charge is -2.23. The molecule has 38 heavy (non-hydrogen) atoms. The first-order valence-electron chi connectivity index (χ1n) is 12.3. The Bertz CT molecular complexity index is 1460. The van der Waals surface area contributed by atoms with E-state index in [1.165, 1.54) is 6.20 Å². The first-order chi connectivity index (χ1) is 18.5. The minimum Gasteiger partial charge on any atom is -0.497 e. The third kappa shape index (κ3) is 5.08. The Balaban J connectivity index is 1.47. The molecule has 0 saturated carbocycles. The summed E-state index contributed by atoms with van der Waals surface area (Å²) in [6, 6.07) is 11.3. The van der Waals surface area contributed by atoms with Crippen LogP contribution in [0.1, 0.15) is 25.3 Å². The van der Waals surface area contributed by atoms with Crippen LogP contribution in [0.4, 0.5) is 28.8 Å². The summed E-state index contributed by atoms with van der Waals surface area (Å²) in [5.41, 5.74) is 4.14. The van der Waals surface area contributed by atoms with Gasteiger partial charge in [-0.15, -0.1) is 0 Å². The lowest BCUT2D eigenvalue weighted by molar-refractivity contribution is -0.118. The molecule has 11 heteroatoms. The van der Waals surface area contributed by atoms with E-state index in [0.29, 0.717) is 46.9 Å². The molecular weight excluding hydrogens is 506 g/mol. The van der Waals surface area contributed by atoms with E-state index >= 15 is 0 Å². The number of aromatic nitrogens is 4. The molecule has 3 heterocycles. The lowest BCUT2D eigenvalue weighted by Crippen LogP contribution is -2.29. The molecule has 2 aromatic carbocycles. The van der Waals surface area contributed by atoms with Crippen LogP contribution in [-0.2, 0) is 11.2 Å². The number of nitrogens with zero attached hydrogens (tertiary/aromatic N) is 5. The number of hydrogen-bond acceptors (Lipinski definition) is 8. The monoisotopic (exact) mass is 533 g/mol. The molecule has 1 aliphatic heterocycles. The van der Waals surface area contributed by atoms with Gasteiger partial charge < -0.3 is 25.0 Å². The molecule has 4 aromatic rings. The number of methoxy groups -OCH3 is 2. The zero-order valence-corrected chi connectivity index (χ0v) is 22.1. The molecule has 0 aliphatic carbocycles. The Morgan fingerprint density at radius 3 is 2.66 bits per heavy atom. The summed E-state index contributed by atoms with van der Waals surface area (Å²) in [6.45, 7) is 2.57. The number of nitrogens with one attached hydrogen (secondary N) is 2. The molecule has 0 atom stereocenters. The van der Waals surface area contributed by atoms with Gasteiger partial charge in [-0.25, -0.2) is 9.67 Å². The molecule has 0 saturated heterocycles. The number of carbonyl (C=O) groups is 1. The van der Waals surface area contributed by atoms with Crippen molar-refractivity contribution in [3.63, 3.8) is 0 Å². The summed E-state index contributed by atoms with van der Waals surface area (Å²) in [5, 5.41) is 11.3. The van der Waals surface area contributed by atoms with Crippen LogP contribution >= 0.6 is 11.6 Å². The SMILES string of the molecule is CCN1C(=O)CCCc2cc(Nc3ncc(Cl)c(Nc4ccc(OC)cc4-n4cccn4)n3)c(OC)cc21. The zero-order valence-electron chi connectivity index (χ0n) is 21.4. The summed E-state index contributed by atoms with van der Waals surface area (Å²) < 4.78 is 12.8. The van der Waals surface area contributed by atoms with Crippen molar-refractivity contribution >= 4 is 46.3 Å². The standard InChI is InChI=1S/C27H28ClN7O3/c1-4-34-22-15-24(38-3)21(13-17(22)7-5-8-25(34)36)32-27-29-16-19(28)26(33-27)31-20-10-9-18(37-2)14-23(20)35-12-6-11-30-35/h6,9-16H,4-5,7-8H2,1-3H3,(H2,29,31,32,33). The fourth-order valence-corrected chi connectivity index (χ4v) is 4.62. The Labute approximate surface area is 225 Å². The minimum absolute atomic E-state index is 0.124. The summed E-state index contributed by atoms with van der Waals surface area (Å²) in [6.07, 6.45) is 7.18. The fourth-order valence-electron chi connectivity index (χ4n) is 4.49. The van der Waals surface area contributed by atoms with Gasteiger partial charge in [-0.05, 0) is 49.6 Å². The van der Waals surface area contributed by atoms with Gasteiger partial charge in [0.15, 0.2) is 5.82 Å². The Kier molecular flexibility index (Phi) is 7.32. The molecule has 0 spiro atoms. The van der Waals surface area contributed by atoms with Crippen molar-refractivity contribution in [3.05, 3.63) is 65.6 Å². The quantitative estimate of drug-likeness (QED) is 0.305. The number of hydrogen-bond donors (Lipinski definition) is 2. The van der Waals surface area contributed by atoms with Gasteiger partial charge in [-0.2, -0.15) is 10.1 Å². The Morgan fingerprint density at radius 2 is 1.92 bits per heavy atom. The number of rotatable bonds is 8. The van der Waals surface area contributed by atoms with Crippen molar-refractivity contribution in [1.82, 2.24) is 19.7 Å². The molecule has 196 valence electrons. The first-order valence-corrected chi connectivity index (χ1v) is 12.6. The Hall–Kier alpha value is -4.31. The van der Waals surface area contributed by atoms with Crippen molar-refractivity contribution in [2.24, 2.45) is 0 Å². The topological polar surface area (TPSA) is 106 Å². The van der Waals surface area contributed by atoms with Gasteiger partial charge in [0, 0.05) is 37.5 Å². The van der Waals surface area contributed by atoms with Crippen LogP contribution in [0.25, 0.3) is 5.69 Å². The van der Waals surface area contributed by atoms with Crippen molar-refractivity contribution in [2.45, 2.75) is 26.2 Å². The molecule has 0 fully saturated rings. The number of carbonyl (C=O) groups excluding carboxylic acids is 1. The number of fused-ring (bicyclic) bond motifs is 1. The molecule has 0 bridgehead atoms. The molecule has 2 N–H and O–H groups in total. The average molecular weight is 534 g/mol. The van der Waals surface area contributed by atoms with E-state index in [1.807, 2.05) is 54.4 Å². The largest absolute Gasteiger partial charge is 0.497 e. The van der Waals surface area contributed by atoms with Crippen LogP contribution in [0.5, 0.6) is 11.5 Å². The third-order valence-electron chi connectivity index (χ3n) is 6.35. The Morgan fingerprint density at radius 1 is 1.05 bits per heavy atom. The molecule has 1 amide bonds. The smallest absolute Gasteiger partial charge is 0.229 e. The molecule has 0 unspecified atom stereocenters. The number of halogens is 1. The second-order valence-electron chi connectivity index (χ2n) is 8.65. The van der Waals surface area contributed by atoms with Crippen molar-refractivity contribution in [2.75, 3.05) is 36.3 Å². The fraction of sp³-hybridized carbons (Fsp3) is 0.259. The van der Waals surface area contributed by atoms with Crippen molar-refractivity contribution in [1.29, 1.82) is 0 Å². The summed E-state index contributed by atoms with van der Waals surface area (Å²) in [4.78, 5) is 23.4. The van der Waals surface area contributed by atoms with Crippen molar-refractivity contribution < 1.29 is 14.3 Å². The van der Waals surface area contributed by atoms with Gasteiger partial charge in [0.25, 0.3) is 0 Å². The van der Waals surface area contributed by atoms with Gasteiger partial charge in [0.2, 0.25) is 11.9 Å². The first kappa shape index (κ1) is 25.3. The predicted octanol–water partition coefficient (Wildman–Crippen LogP) is 5.51. The van der Waals surface area contributed by atoms with Crippen LogP contribution < -0.4 is 25.0 Å². The maximum absolute atomic E-state index is 12.6. The van der Waals surface area contributed by atoms with Crippen LogP contribution in [0.3, 0.4) is 0 Å². The molecule has 1 aliphatic rings. The van der Waals surface area contributed by atoms with Crippen molar-refractivity contribution in [3.8, 4) is 17.2 Å². The highest BCUT2D eigenvalue weighted by Gasteiger charge is 2.23. The van der Waals surface area contributed by atoms with Crippen LogP contribution in [0, 0.1) is 0 Å². The molecular formula is C27H28ClN7O3. The second-order valence-corrected chi connectivity index (χ2v) is 9.05. The van der Waals surface area contributed by atoms with Gasteiger partial charge in [-0.1, -0.05) is 11.6 Å². The van der Waals surface area contributed by atoms with Gasteiger partial charge >= 0.3 is 0 Å². The second kappa shape index (κ2) is 11.0. The number of aryl methyl sites for hydroxylation is 1. The molecule has 0 radical (unpaired) electrons. The van der Waals surface area contributed by atoms with Gasteiger partial charge in [-0.3, -0.25) is 4.79 Å².